The van der Waals surface area contributed by atoms with Gasteiger partial charge in [-0.1, -0.05) is 29.8 Å². The molecule has 30 heavy (non-hydrogen) atoms. The molecule has 0 aliphatic carbocycles. The highest BCUT2D eigenvalue weighted by Crippen LogP contribution is 2.26. The molecular weight excluding hydrogens is 426 g/mol. The number of nitrogens with zero attached hydrogens (tertiary/aromatic N) is 3. The molecule has 3 N–H and O–H groups in total. The Morgan fingerprint density at radius 3 is 2.73 bits per heavy atom. The lowest BCUT2D eigenvalue weighted by atomic mass is 10.1. The second-order valence-electron chi connectivity index (χ2n) is 6.52. The van der Waals surface area contributed by atoms with Crippen LogP contribution in [-0.4, -0.2) is 28.9 Å². The first-order valence-corrected chi connectivity index (χ1v) is 10.7. The van der Waals surface area contributed by atoms with Crippen molar-refractivity contribution >= 4 is 44.3 Å². The predicted octanol–water partition coefficient (Wildman–Crippen LogP) is 2.90. The van der Waals surface area contributed by atoms with E-state index in [1.807, 2.05) is 0 Å². The zero-order valence-electron chi connectivity index (χ0n) is 15.5. The molecule has 4 rings (SSSR count). The molecule has 0 bridgehead atoms. The first-order chi connectivity index (χ1) is 14.3. The van der Waals surface area contributed by atoms with Crippen LogP contribution in [0.15, 0.2) is 72.1 Å². The van der Waals surface area contributed by atoms with E-state index in [1.54, 1.807) is 59.4 Å². The van der Waals surface area contributed by atoms with Crippen LogP contribution in [0.1, 0.15) is 5.56 Å². The number of carbonyl (C=O) groups excluding carboxylic acids is 1. The highest BCUT2D eigenvalue weighted by Gasteiger charge is 2.19. The van der Waals surface area contributed by atoms with E-state index in [2.05, 4.69) is 15.3 Å². The van der Waals surface area contributed by atoms with Crippen LogP contribution >= 0.6 is 11.6 Å². The summed E-state index contributed by atoms with van der Waals surface area (Å²) in [6.45, 7) is 0. The Labute approximate surface area is 177 Å². The molecule has 0 saturated carbocycles. The molecule has 4 aromatic rings. The van der Waals surface area contributed by atoms with Crippen molar-refractivity contribution in [3.05, 3.63) is 77.8 Å². The van der Waals surface area contributed by atoms with Gasteiger partial charge >= 0.3 is 0 Å². The number of fused-ring (bicyclic) bond motifs is 1. The van der Waals surface area contributed by atoms with Gasteiger partial charge in [-0.3, -0.25) is 14.3 Å². The van der Waals surface area contributed by atoms with Crippen molar-refractivity contribution in [2.45, 2.75) is 11.3 Å². The van der Waals surface area contributed by atoms with Crippen molar-refractivity contribution in [1.82, 2.24) is 14.5 Å². The summed E-state index contributed by atoms with van der Waals surface area (Å²) >= 11 is 6.09. The Morgan fingerprint density at radius 1 is 1.17 bits per heavy atom. The monoisotopic (exact) mass is 441 g/mol. The van der Waals surface area contributed by atoms with E-state index in [0.717, 1.165) is 0 Å². The smallest absolute Gasteiger partial charge is 0.240 e. The molecular formula is C20H16ClN5O3S. The summed E-state index contributed by atoms with van der Waals surface area (Å²) in [6, 6.07) is 13.2. The third-order valence-electron chi connectivity index (χ3n) is 4.47. The largest absolute Gasteiger partial charge is 0.326 e. The van der Waals surface area contributed by atoms with E-state index in [0.29, 0.717) is 33.0 Å². The van der Waals surface area contributed by atoms with Crippen LogP contribution in [0, 0.1) is 0 Å². The summed E-state index contributed by atoms with van der Waals surface area (Å²) in [6.07, 6.45) is 4.70. The van der Waals surface area contributed by atoms with Gasteiger partial charge in [0.05, 0.1) is 23.8 Å². The number of rotatable bonds is 5. The molecule has 152 valence electrons. The first-order valence-electron chi connectivity index (χ1n) is 8.80. The predicted molar refractivity (Wildman–Crippen MR) is 114 cm³/mol. The number of primary sulfonamides is 1. The molecule has 0 atom stereocenters. The van der Waals surface area contributed by atoms with Gasteiger partial charge in [-0.15, -0.1) is 0 Å². The van der Waals surface area contributed by atoms with Gasteiger partial charge in [-0.2, -0.15) is 0 Å². The van der Waals surface area contributed by atoms with Crippen molar-refractivity contribution in [2.24, 2.45) is 5.14 Å². The van der Waals surface area contributed by atoms with E-state index in [9.17, 15) is 13.2 Å². The van der Waals surface area contributed by atoms with E-state index < -0.39 is 10.0 Å². The Morgan fingerprint density at radius 2 is 1.97 bits per heavy atom. The molecule has 2 aromatic heterocycles. The third kappa shape index (κ3) is 4.04. The summed E-state index contributed by atoms with van der Waals surface area (Å²) in [5.74, 6) is -0.338. The zero-order valence-corrected chi connectivity index (χ0v) is 17.1. The molecule has 10 heteroatoms. The Hall–Kier alpha value is -3.27. The lowest BCUT2D eigenvalue weighted by Crippen LogP contribution is -2.18. The van der Waals surface area contributed by atoms with Crippen LogP contribution in [0.3, 0.4) is 0 Å². The standard InChI is InChI=1S/C20H16ClN5O3S/c21-15-4-2-1-3-13(15)9-20(27)25-14-5-6-18(19(10-14)30(22,28)29)26-12-24-16-11-23-8-7-17(16)26/h1-8,10-12H,9H2,(H,25,27)(H2,22,28,29). The number of nitrogens with two attached hydrogens (primary N) is 1. The molecule has 1 amide bonds. The quantitative estimate of drug-likeness (QED) is 0.493. The minimum absolute atomic E-state index is 0.0469. The molecule has 0 fully saturated rings. The molecule has 0 aliphatic rings. The molecule has 8 nitrogen and oxygen atoms in total. The number of amides is 1. The van der Waals surface area contributed by atoms with Crippen LogP contribution in [-0.2, 0) is 21.2 Å². The zero-order chi connectivity index (χ0) is 21.3. The first kappa shape index (κ1) is 20.0. The molecule has 0 saturated heterocycles. The van der Waals surface area contributed by atoms with Crippen molar-refractivity contribution in [3.8, 4) is 5.69 Å². The Kier molecular flexibility index (Phi) is 5.25. The van der Waals surface area contributed by atoms with Gasteiger partial charge in [0.1, 0.15) is 16.7 Å². The molecule has 0 unspecified atom stereocenters. The fourth-order valence-corrected chi connectivity index (χ4v) is 4.05. The number of hydrogen-bond acceptors (Lipinski definition) is 5. The summed E-state index contributed by atoms with van der Waals surface area (Å²) in [5, 5.41) is 8.62. The lowest BCUT2D eigenvalue weighted by Gasteiger charge is -2.13. The number of nitrogens with one attached hydrogen (secondary N) is 1. The number of aromatic nitrogens is 3. The van der Waals surface area contributed by atoms with E-state index in [4.69, 9.17) is 16.7 Å². The molecule has 0 aliphatic heterocycles. The van der Waals surface area contributed by atoms with Gasteiger partial charge in [0, 0.05) is 16.9 Å². The highest BCUT2D eigenvalue weighted by atomic mass is 35.5. The minimum Gasteiger partial charge on any atom is -0.326 e. The van der Waals surface area contributed by atoms with E-state index in [1.165, 1.54) is 12.4 Å². The van der Waals surface area contributed by atoms with Crippen LogP contribution in [0.2, 0.25) is 5.02 Å². The number of benzene rings is 2. The highest BCUT2D eigenvalue weighted by molar-refractivity contribution is 7.89. The number of sulfonamides is 1. The van der Waals surface area contributed by atoms with Gasteiger partial charge in [-0.05, 0) is 35.9 Å². The summed E-state index contributed by atoms with van der Waals surface area (Å²) in [7, 11) is -4.09. The Balaban J connectivity index is 1.69. The fraction of sp³-hybridized carbons (Fsp3) is 0.0500. The SMILES string of the molecule is NS(=O)(=O)c1cc(NC(=O)Cc2ccccc2Cl)ccc1-n1cnc2cnccc21. The van der Waals surface area contributed by atoms with Crippen LogP contribution < -0.4 is 10.5 Å². The summed E-state index contributed by atoms with van der Waals surface area (Å²) in [5.41, 5.74) is 2.56. The fourth-order valence-electron chi connectivity index (χ4n) is 3.09. The minimum atomic E-state index is -4.09. The van der Waals surface area contributed by atoms with Crippen LogP contribution in [0.4, 0.5) is 5.69 Å². The van der Waals surface area contributed by atoms with E-state index >= 15 is 0 Å². The maximum absolute atomic E-state index is 12.4. The maximum Gasteiger partial charge on any atom is 0.240 e. The second kappa shape index (κ2) is 7.86. The number of pyridine rings is 1. The molecule has 2 aromatic carbocycles. The van der Waals surface area contributed by atoms with Crippen molar-refractivity contribution in [2.75, 3.05) is 5.32 Å². The Bertz CT molecular complexity index is 1370. The van der Waals surface area contributed by atoms with Crippen molar-refractivity contribution in [3.63, 3.8) is 0 Å². The molecule has 2 heterocycles. The van der Waals surface area contributed by atoms with Gasteiger partial charge in [0.25, 0.3) is 0 Å². The number of imidazole rings is 1. The average molecular weight is 442 g/mol. The van der Waals surface area contributed by atoms with Gasteiger partial charge in [-0.25, -0.2) is 18.5 Å². The van der Waals surface area contributed by atoms with E-state index in [-0.39, 0.29) is 17.2 Å². The van der Waals surface area contributed by atoms with Gasteiger partial charge < -0.3 is 5.32 Å². The maximum atomic E-state index is 12.4. The molecule has 0 radical (unpaired) electrons. The summed E-state index contributed by atoms with van der Waals surface area (Å²) < 4.78 is 26.1. The average Bonchev–Trinajstić information content (AvgIpc) is 3.13. The van der Waals surface area contributed by atoms with Crippen LogP contribution in [0.25, 0.3) is 16.7 Å². The number of anilines is 1. The van der Waals surface area contributed by atoms with Gasteiger partial charge in [0.15, 0.2) is 0 Å². The van der Waals surface area contributed by atoms with Crippen LogP contribution in [0.5, 0.6) is 0 Å². The topological polar surface area (TPSA) is 120 Å². The van der Waals surface area contributed by atoms with Crippen molar-refractivity contribution < 1.29 is 13.2 Å². The van der Waals surface area contributed by atoms with Crippen molar-refractivity contribution in [1.29, 1.82) is 0 Å². The number of halogens is 1. The molecule has 0 spiro atoms. The number of carbonyl (C=O) groups is 1. The second-order valence-corrected chi connectivity index (χ2v) is 8.46. The lowest BCUT2D eigenvalue weighted by molar-refractivity contribution is -0.115. The normalized spacial score (nSPS) is 11.5. The number of hydrogen-bond donors (Lipinski definition) is 2. The van der Waals surface area contributed by atoms with Gasteiger partial charge in [0.2, 0.25) is 15.9 Å². The third-order valence-corrected chi connectivity index (χ3v) is 5.78. The summed E-state index contributed by atoms with van der Waals surface area (Å²) in [4.78, 5) is 20.5.